The van der Waals surface area contributed by atoms with E-state index in [2.05, 4.69) is 0 Å². The Morgan fingerprint density at radius 2 is 1.75 bits per heavy atom. The molecule has 1 aromatic rings. The van der Waals surface area contributed by atoms with E-state index in [1.54, 1.807) is 12.1 Å². The van der Waals surface area contributed by atoms with E-state index in [0.29, 0.717) is 0 Å². The predicted octanol–water partition coefficient (Wildman–Crippen LogP) is 2.37. The van der Waals surface area contributed by atoms with Gasteiger partial charge in [-0.15, -0.1) is 0 Å². The molecule has 2 nitrogen and oxygen atoms in total. The van der Waals surface area contributed by atoms with Crippen LogP contribution in [0, 0.1) is 11.7 Å². The van der Waals surface area contributed by atoms with E-state index in [0.717, 1.165) is 18.0 Å². The van der Waals surface area contributed by atoms with Crippen LogP contribution in [-0.2, 0) is 5.54 Å². The van der Waals surface area contributed by atoms with Gasteiger partial charge in [0.1, 0.15) is 5.82 Å². The Labute approximate surface area is 96.8 Å². The number of halogens is 1. The quantitative estimate of drug-likeness (QED) is 0.810. The third kappa shape index (κ3) is 4.73. The molecule has 1 fully saturated rings. The monoisotopic (exact) mass is 224 g/mol. The largest absolute Gasteiger partial charge is 0.330 e. The Bertz CT molecular complexity index is 310. The molecule has 0 amide bonds. The zero-order valence-electron chi connectivity index (χ0n) is 10.0. The second kappa shape index (κ2) is 5.41. The summed E-state index contributed by atoms with van der Waals surface area (Å²) >= 11 is 0. The molecule has 0 saturated heterocycles. The molecule has 0 bridgehead atoms. The highest BCUT2D eigenvalue weighted by atomic mass is 19.1. The van der Waals surface area contributed by atoms with Crippen LogP contribution < -0.4 is 11.5 Å². The fourth-order valence-corrected chi connectivity index (χ4v) is 1.23. The molecule has 0 atom stereocenters. The summed E-state index contributed by atoms with van der Waals surface area (Å²) in [6.07, 6.45) is 2.77. The number of rotatable bonds is 2. The Balaban J connectivity index is 0.000000212. The third-order valence-electron chi connectivity index (χ3n) is 2.62. The maximum absolute atomic E-state index is 12.4. The second-order valence-electron chi connectivity index (χ2n) is 4.91. The minimum Gasteiger partial charge on any atom is -0.330 e. The van der Waals surface area contributed by atoms with Crippen molar-refractivity contribution in [3.8, 4) is 0 Å². The lowest BCUT2D eigenvalue weighted by molar-refractivity contribution is 0.550. The summed E-state index contributed by atoms with van der Waals surface area (Å²) in [5.41, 5.74) is 11.6. The van der Waals surface area contributed by atoms with Crippen molar-refractivity contribution in [2.75, 3.05) is 6.54 Å². The van der Waals surface area contributed by atoms with Crippen LogP contribution in [0.3, 0.4) is 0 Å². The summed E-state index contributed by atoms with van der Waals surface area (Å²) in [7, 11) is 0. The molecule has 16 heavy (non-hydrogen) atoms. The summed E-state index contributed by atoms with van der Waals surface area (Å²) in [6.45, 7) is 4.69. The van der Waals surface area contributed by atoms with Crippen LogP contribution in [0.1, 0.15) is 32.3 Å². The van der Waals surface area contributed by atoms with Crippen molar-refractivity contribution < 1.29 is 4.39 Å². The molecule has 0 aromatic heterocycles. The first-order valence-electron chi connectivity index (χ1n) is 5.68. The summed E-state index contributed by atoms with van der Waals surface area (Å²) in [4.78, 5) is 0. The van der Waals surface area contributed by atoms with Gasteiger partial charge in [0, 0.05) is 5.54 Å². The maximum atomic E-state index is 12.4. The normalized spacial score (nSPS) is 15.3. The molecule has 0 aliphatic heterocycles. The highest BCUT2D eigenvalue weighted by Crippen LogP contribution is 2.26. The lowest BCUT2D eigenvalue weighted by Gasteiger charge is -2.18. The number of benzene rings is 1. The Morgan fingerprint density at radius 3 is 2.00 bits per heavy atom. The molecule has 0 radical (unpaired) electrons. The molecule has 0 heterocycles. The fraction of sp³-hybridized carbons (Fsp3) is 0.538. The molecular weight excluding hydrogens is 203 g/mol. The standard InChI is InChI=1S/C9H12FN.C4H9N/c1-9(2,11)7-3-5-8(10)6-4-7;5-3-4-1-2-4/h3-6H,11H2,1-2H3;4H,1-3,5H2. The van der Waals surface area contributed by atoms with E-state index in [1.165, 1.54) is 25.0 Å². The van der Waals surface area contributed by atoms with Crippen LogP contribution in [0.25, 0.3) is 0 Å². The Kier molecular flexibility index (Phi) is 4.44. The predicted molar refractivity (Wildman–Crippen MR) is 65.4 cm³/mol. The van der Waals surface area contributed by atoms with E-state index in [4.69, 9.17) is 11.5 Å². The molecule has 3 heteroatoms. The number of hydrogen-bond donors (Lipinski definition) is 2. The highest BCUT2D eigenvalue weighted by Gasteiger charge is 2.17. The molecule has 1 saturated carbocycles. The first kappa shape index (κ1) is 13.1. The molecule has 0 unspecified atom stereocenters. The Morgan fingerprint density at radius 1 is 1.25 bits per heavy atom. The van der Waals surface area contributed by atoms with Gasteiger partial charge in [0.25, 0.3) is 0 Å². The molecule has 1 aliphatic rings. The smallest absolute Gasteiger partial charge is 0.123 e. The van der Waals surface area contributed by atoms with Gasteiger partial charge in [-0.1, -0.05) is 12.1 Å². The summed E-state index contributed by atoms with van der Waals surface area (Å²) in [5.74, 6) is 0.688. The van der Waals surface area contributed by atoms with Crippen LogP contribution >= 0.6 is 0 Å². The topological polar surface area (TPSA) is 52.0 Å². The van der Waals surface area contributed by atoms with Gasteiger partial charge in [0.2, 0.25) is 0 Å². The van der Waals surface area contributed by atoms with Crippen molar-refractivity contribution >= 4 is 0 Å². The molecule has 2 rings (SSSR count). The summed E-state index contributed by atoms with van der Waals surface area (Å²) in [5, 5.41) is 0. The minimum absolute atomic E-state index is 0.224. The number of nitrogens with two attached hydrogens (primary N) is 2. The van der Waals surface area contributed by atoms with Crippen LogP contribution in [0.5, 0.6) is 0 Å². The van der Waals surface area contributed by atoms with Crippen molar-refractivity contribution in [3.05, 3.63) is 35.6 Å². The van der Waals surface area contributed by atoms with E-state index in [9.17, 15) is 4.39 Å². The van der Waals surface area contributed by atoms with Gasteiger partial charge < -0.3 is 11.5 Å². The van der Waals surface area contributed by atoms with E-state index in [1.807, 2.05) is 13.8 Å². The zero-order chi connectivity index (χ0) is 12.2. The molecule has 90 valence electrons. The van der Waals surface area contributed by atoms with Crippen LogP contribution in [0.4, 0.5) is 4.39 Å². The van der Waals surface area contributed by atoms with Crippen LogP contribution in [0.2, 0.25) is 0 Å². The molecule has 1 aromatic carbocycles. The van der Waals surface area contributed by atoms with E-state index < -0.39 is 0 Å². The molecule has 0 spiro atoms. The summed E-state index contributed by atoms with van der Waals surface area (Å²) < 4.78 is 12.4. The average molecular weight is 224 g/mol. The van der Waals surface area contributed by atoms with Crippen LogP contribution in [-0.4, -0.2) is 6.54 Å². The number of hydrogen-bond acceptors (Lipinski definition) is 2. The van der Waals surface area contributed by atoms with Crippen molar-refractivity contribution in [2.24, 2.45) is 17.4 Å². The van der Waals surface area contributed by atoms with E-state index >= 15 is 0 Å². The van der Waals surface area contributed by atoms with Crippen molar-refractivity contribution in [1.82, 2.24) is 0 Å². The highest BCUT2D eigenvalue weighted by molar-refractivity contribution is 5.22. The van der Waals surface area contributed by atoms with Gasteiger partial charge in [-0.3, -0.25) is 0 Å². The summed E-state index contributed by atoms with van der Waals surface area (Å²) in [6, 6.07) is 6.25. The minimum atomic E-state index is -0.381. The van der Waals surface area contributed by atoms with Gasteiger partial charge in [0.05, 0.1) is 0 Å². The van der Waals surface area contributed by atoms with Gasteiger partial charge >= 0.3 is 0 Å². The first-order valence-corrected chi connectivity index (χ1v) is 5.68. The van der Waals surface area contributed by atoms with Crippen molar-refractivity contribution in [3.63, 3.8) is 0 Å². The van der Waals surface area contributed by atoms with Gasteiger partial charge in [-0.25, -0.2) is 4.39 Å². The molecular formula is C13H21FN2. The third-order valence-corrected chi connectivity index (χ3v) is 2.62. The lowest BCUT2D eigenvalue weighted by Crippen LogP contribution is -2.28. The maximum Gasteiger partial charge on any atom is 0.123 e. The molecule has 4 N–H and O–H groups in total. The second-order valence-corrected chi connectivity index (χ2v) is 4.91. The zero-order valence-corrected chi connectivity index (χ0v) is 10.0. The lowest BCUT2D eigenvalue weighted by atomic mass is 9.96. The SMILES string of the molecule is CC(C)(N)c1ccc(F)cc1.NCC1CC1. The van der Waals surface area contributed by atoms with Crippen LogP contribution in [0.15, 0.2) is 24.3 Å². The van der Waals surface area contributed by atoms with Gasteiger partial charge in [-0.2, -0.15) is 0 Å². The van der Waals surface area contributed by atoms with Gasteiger partial charge in [-0.05, 0) is 56.8 Å². The average Bonchev–Trinajstić information content (AvgIpc) is 3.01. The van der Waals surface area contributed by atoms with E-state index in [-0.39, 0.29) is 11.4 Å². The molecule has 1 aliphatic carbocycles. The first-order chi connectivity index (χ1) is 7.43. The van der Waals surface area contributed by atoms with Gasteiger partial charge in [0.15, 0.2) is 0 Å². The fourth-order valence-electron chi connectivity index (χ4n) is 1.23. The Hall–Kier alpha value is -0.930. The van der Waals surface area contributed by atoms with Crippen molar-refractivity contribution in [2.45, 2.75) is 32.2 Å². The van der Waals surface area contributed by atoms with Crippen molar-refractivity contribution in [1.29, 1.82) is 0 Å².